The van der Waals surface area contributed by atoms with E-state index in [0.29, 0.717) is 16.4 Å². The number of carbonyl (C=O) groups is 1. The van der Waals surface area contributed by atoms with Crippen molar-refractivity contribution in [3.8, 4) is 0 Å². The van der Waals surface area contributed by atoms with Crippen LogP contribution in [-0.2, 0) is 12.8 Å². The van der Waals surface area contributed by atoms with Crippen LogP contribution in [0.4, 0.5) is 5.69 Å². The number of benzene rings is 1. The van der Waals surface area contributed by atoms with E-state index >= 15 is 0 Å². The molecule has 2 aromatic rings. The summed E-state index contributed by atoms with van der Waals surface area (Å²) in [6.45, 7) is 8.88. The summed E-state index contributed by atoms with van der Waals surface area (Å²) in [5.41, 5.74) is 4.16. The van der Waals surface area contributed by atoms with Crippen molar-refractivity contribution in [2.45, 2.75) is 47.0 Å². The third-order valence-electron chi connectivity index (χ3n) is 5.05. The fraction of sp³-hybridized carbons (Fsp3) is 0.450. The lowest BCUT2D eigenvalue weighted by atomic mass is 9.72. The molecule has 1 atom stereocenters. The average Bonchev–Trinajstić information content (AvgIpc) is 2.93. The summed E-state index contributed by atoms with van der Waals surface area (Å²) in [6, 6.07) is 5.63. The number of nitrogens with one attached hydrogen (secondary N) is 1. The number of rotatable bonds is 2. The van der Waals surface area contributed by atoms with Crippen molar-refractivity contribution in [3.05, 3.63) is 50.2 Å². The number of hydrogen-bond donors (Lipinski definition) is 1. The Bertz CT molecular complexity index is 772. The summed E-state index contributed by atoms with van der Waals surface area (Å²) in [5, 5.41) is 5.68. The van der Waals surface area contributed by atoms with Crippen LogP contribution in [0.5, 0.6) is 0 Å². The Balaban J connectivity index is 1.78. The van der Waals surface area contributed by atoms with Crippen molar-refractivity contribution in [2.24, 2.45) is 11.3 Å². The maximum Gasteiger partial charge on any atom is 0.256 e. The number of amides is 1. The van der Waals surface area contributed by atoms with Gasteiger partial charge in [-0.15, -0.1) is 11.3 Å². The molecule has 0 bridgehead atoms. The van der Waals surface area contributed by atoms with Crippen molar-refractivity contribution >= 4 is 34.5 Å². The first-order valence-electron chi connectivity index (χ1n) is 8.42. The third kappa shape index (κ3) is 3.52. The molecule has 0 fully saturated rings. The highest BCUT2D eigenvalue weighted by molar-refractivity contribution is 7.10. The summed E-state index contributed by atoms with van der Waals surface area (Å²) >= 11 is 7.88. The molecule has 4 heteroatoms. The summed E-state index contributed by atoms with van der Waals surface area (Å²) in [7, 11) is 0. The van der Waals surface area contributed by atoms with Gasteiger partial charge in [-0.2, -0.15) is 0 Å². The van der Waals surface area contributed by atoms with Gasteiger partial charge in [0.1, 0.15) is 0 Å². The highest BCUT2D eigenvalue weighted by Gasteiger charge is 2.31. The minimum absolute atomic E-state index is 0.0263. The van der Waals surface area contributed by atoms with Gasteiger partial charge in [0.15, 0.2) is 0 Å². The normalized spacial score (nSPS) is 17.5. The molecule has 1 aliphatic carbocycles. The van der Waals surface area contributed by atoms with Crippen LogP contribution in [0.3, 0.4) is 0 Å². The average molecular weight is 362 g/mol. The van der Waals surface area contributed by atoms with Crippen molar-refractivity contribution in [2.75, 3.05) is 5.32 Å². The number of fused-ring (bicyclic) bond motifs is 1. The van der Waals surface area contributed by atoms with Crippen LogP contribution in [0.2, 0.25) is 5.02 Å². The Kier molecular flexibility index (Phi) is 4.76. The zero-order valence-electron chi connectivity index (χ0n) is 14.7. The molecule has 1 heterocycles. The first kappa shape index (κ1) is 17.5. The SMILES string of the molecule is Cc1ccc(NC(=O)c2csc3c2CCC(C(C)(C)C)C3)cc1Cl. The van der Waals surface area contributed by atoms with Gasteiger partial charge < -0.3 is 5.32 Å². The molecule has 1 aromatic carbocycles. The van der Waals surface area contributed by atoms with E-state index in [1.807, 2.05) is 30.5 Å². The summed E-state index contributed by atoms with van der Waals surface area (Å²) in [4.78, 5) is 14.1. The Morgan fingerprint density at radius 3 is 2.75 bits per heavy atom. The molecular formula is C20H24ClNOS. The van der Waals surface area contributed by atoms with Crippen LogP contribution in [-0.4, -0.2) is 5.91 Å². The minimum Gasteiger partial charge on any atom is -0.322 e. The Morgan fingerprint density at radius 2 is 2.08 bits per heavy atom. The zero-order valence-corrected chi connectivity index (χ0v) is 16.3. The topological polar surface area (TPSA) is 29.1 Å². The van der Waals surface area contributed by atoms with Gasteiger partial charge in [0.2, 0.25) is 0 Å². The highest BCUT2D eigenvalue weighted by atomic mass is 35.5. The predicted molar refractivity (Wildman–Crippen MR) is 103 cm³/mol. The molecule has 0 spiro atoms. The van der Waals surface area contributed by atoms with E-state index in [1.165, 1.54) is 10.4 Å². The number of anilines is 1. The molecule has 3 rings (SSSR count). The lowest BCUT2D eigenvalue weighted by Crippen LogP contribution is -2.27. The molecule has 1 aliphatic rings. The maximum atomic E-state index is 12.7. The lowest BCUT2D eigenvalue weighted by molar-refractivity contribution is 0.102. The Morgan fingerprint density at radius 1 is 1.33 bits per heavy atom. The number of carbonyl (C=O) groups excluding carboxylic acids is 1. The van der Waals surface area contributed by atoms with Gasteiger partial charge in [-0.3, -0.25) is 4.79 Å². The van der Waals surface area contributed by atoms with E-state index in [1.54, 1.807) is 11.3 Å². The zero-order chi connectivity index (χ0) is 17.5. The molecule has 0 saturated carbocycles. The second-order valence-electron chi connectivity index (χ2n) is 7.77. The van der Waals surface area contributed by atoms with Crippen LogP contribution in [0.15, 0.2) is 23.6 Å². The quantitative estimate of drug-likeness (QED) is 0.686. The summed E-state index contributed by atoms with van der Waals surface area (Å²) < 4.78 is 0. The molecule has 0 aliphatic heterocycles. The second kappa shape index (κ2) is 6.53. The van der Waals surface area contributed by atoms with E-state index < -0.39 is 0 Å². The third-order valence-corrected chi connectivity index (χ3v) is 6.51. The van der Waals surface area contributed by atoms with Gasteiger partial charge in [-0.05, 0) is 60.8 Å². The molecule has 2 nitrogen and oxygen atoms in total. The summed E-state index contributed by atoms with van der Waals surface area (Å²) in [6.07, 6.45) is 3.25. The van der Waals surface area contributed by atoms with Crippen molar-refractivity contribution < 1.29 is 4.79 Å². The number of hydrogen-bond acceptors (Lipinski definition) is 2. The van der Waals surface area contributed by atoms with Crippen LogP contribution in [0.1, 0.15) is 53.6 Å². The monoisotopic (exact) mass is 361 g/mol. The van der Waals surface area contributed by atoms with Gasteiger partial charge in [0.25, 0.3) is 5.91 Å². The van der Waals surface area contributed by atoms with Gasteiger partial charge in [0.05, 0.1) is 5.56 Å². The fourth-order valence-corrected chi connectivity index (χ4v) is 4.65. The molecule has 128 valence electrons. The van der Waals surface area contributed by atoms with Crippen LogP contribution >= 0.6 is 22.9 Å². The molecular weight excluding hydrogens is 338 g/mol. The molecule has 24 heavy (non-hydrogen) atoms. The number of aryl methyl sites for hydroxylation is 1. The van der Waals surface area contributed by atoms with Gasteiger partial charge in [0, 0.05) is 21.0 Å². The minimum atomic E-state index is -0.0263. The van der Waals surface area contributed by atoms with Crippen molar-refractivity contribution in [1.29, 1.82) is 0 Å². The fourth-order valence-electron chi connectivity index (χ4n) is 3.31. The first-order chi connectivity index (χ1) is 11.3. The lowest BCUT2D eigenvalue weighted by Gasteiger charge is -2.34. The Hall–Kier alpha value is -1.32. The smallest absolute Gasteiger partial charge is 0.256 e. The van der Waals surface area contributed by atoms with E-state index in [4.69, 9.17) is 11.6 Å². The highest BCUT2D eigenvalue weighted by Crippen LogP contribution is 2.40. The molecule has 1 amide bonds. The van der Waals surface area contributed by atoms with Crippen LogP contribution in [0, 0.1) is 18.3 Å². The second-order valence-corrected chi connectivity index (χ2v) is 9.15. The van der Waals surface area contributed by atoms with E-state index in [9.17, 15) is 4.79 Å². The largest absolute Gasteiger partial charge is 0.322 e. The van der Waals surface area contributed by atoms with Crippen LogP contribution < -0.4 is 5.32 Å². The Labute approximate surface area is 153 Å². The maximum absolute atomic E-state index is 12.7. The van der Waals surface area contributed by atoms with Gasteiger partial charge in [-0.1, -0.05) is 38.4 Å². The molecule has 0 saturated heterocycles. The number of thiophene rings is 1. The van der Waals surface area contributed by atoms with Crippen molar-refractivity contribution in [1.82, 2.24) is 0 Å². The molecule has 1 N–H and O–H groups in total. The van der Waals surface area contributed by atoms with E-state index in [0.717, 1.165) is 36.1 Å². The van der Waals surface area contributed by atoms with E-state index in [-0.39, 0.29) is 5.91 Å². The van der Waals surface area contributed by atoms with Gasteiger partial charge >= 0.3 is 0 Å². The summed E-state index contributed by atoms with van der Waals surface area (Å²) in [5.74, 6) is 0.664. The predicted octanol–water partition coefficient (Wildman–Crippen LogP) is 6.11. The number of halogens is 1. The van der Waals surface area contributed by atoms with E-state index in [2.05, 4.69) is 26.1 Å². The van der Waals surface area contributed by atoms with Crippen LogP contribution in [0.25, 0.3) is 0 Å². The molecule has 1 aromatic heterocycles. The molecule has 1 unspecified atom stereocenters. The molecule has 0 radical (unpaired) electrons. The first-order valence-corrected chi connectivity index (χ1v) is 9.68. The van der Waals surface area contributed by atoms with Gasteiger partial charge in [-0.25, -0.2) is 0 Å². The van der Waals surface area contributed by atoms with Crippen molar-refractivity contribution in [3.63, 3.8) is 0 Å². The standard InChI is InChI=1S/C20H24ClNOS/c1-12-5-7-14(10-17(12)21)22-19(23)16-11-24-18-9-13(20(2,3)4)6-8-15(16)18/h5,7,10-11,13H,6,8-9H2,1-4H3,(H,22,23).